The predicted octanol–water partition coefficient (Wildman–Crippen LogP) is 2.49. The molecule has 6 heteroatoms. The third-order valence-corrected chi connectivity index (χ3v) is 3.04. The van der Waals surface area contributed by atoms with Gasteiger partial charge in [-0.1, -0.05) is 0 Å². The molecule has 0 radical (unpaired) electrons. The molecule has 0 aliphatic heterocycles. The van der Waals surface area contributed by atoms with Gasteiger partial charge < -0.3 is 19.6 Å². The van der Waals surface area contributed by atoms with Crippen LogP contribution in [0.15, 0.2) is 28.7 Å². The number of aromatic carboxylic acids is 1. The number of nitrogens with one attached hydrogen (secondary N) is 1. The second-order valence-electron chi connectivity index (χ2n) is 4.84. The van der Waals surface area contributed by atoms with Crippen LogP contribution < -0.4 is 5.32 Å². The number of carboxylic acids is 1. The van der Waals surface area contributed by atoms with E-state index in [1.807, 2.05) is 0 Å². The van der Waals surface area contributed by atoms with Crippen molar-refractivity contribution in [1.29, 1.82) is 0 Å². The van der Waals surface area contributed by atoms with Gasteiger partial charge in [0.15, 0.2) is 0 Å². The van der Waals surface area contributed by atoms with Crippen LogP contribution in [0.1, 0.15) is 24.4 Å². The molecule has 2 N–H and O–H groups in total. The van der Waals surface area contributed by atoms with Crippen molar-refractivity contribution in [3.8, 4) is 0 Å². The summed E-state index contributed by atoms with van der Waals surface area (Å²) in [6.45, 7) is 3.31. The van der Waals surface area contributed by atoms with E-state index in [1.165, 1.54) is 13.2 Å². The van der Waals surface area contributed by atoms with Gasteiger partial charge in [-0.2, -0.15) is 0 Å². The highest BCUT2D eigenvalue weighted by Crippen LogP contribution is 2.24. The van der Waals surface area contributed by atoms with Crippen LogP contribution in [0.5, 0.6) is 0 Å². The predicted molar refractivity (Wildman–Crippen MR) is 72.9 cm³/mol. The van der Waals surface area contributed by atoms with Gasteiger partial charge >= 0.3 is 5.97 Å². The Labute approximate surface area is 115 Å². The van der Waals surface area contributed by atoms with Crippen LogP contribution in [0, 0.1) is 0 Å². The normalized spacial score (nSPS) is 11.6. The zero-order valence-corrected chi connectivity index (χ0v) is 11.4. The first-order valence-electron chi connectivity index (χ1n) is 5.97. The summed E-state index contributed by atoms with van der Waals surface area (Å²) in [4.78, 5) is 22.8. The van der Waals surface area contributed by atoms with Crippen LogP contribution in [0.25, 0.3) is 11.0 Å². The fourth-order valence-electron chi connectivity index (χ4n) is 1.60. The minimum Gasteiger partial charge on any atom is -0.475 e. The Morgan fingerprint density at radius 1 is 1.30 bits per heavy atom. The van der Waals surface area contributed by atoms with Crippen molar-refractivity contribution in [2.24, 2.45) is 0 Å². The van der Waals surface area contributed by atoms with Gasteiger partial charge in [0.1, 0.15) is 11.2 Å². The molecule has 0 saturated carbocycles. The summed E-state index contributed by atoms with van der Waals surface area (Å²) in [5, 5.41) is 12.2. The molecule has 6 nitrogen and oxygen atoms in total. The Morgan fingerprint density at radius 2 is 2.00 bits per heavy atom. The maximum absolute atomic E-state index is 12.0. The molecule has 0 fully saturated rings. The van der Waals surface area contributed by atoms with Gasteiger partial charge in [0.25, 0.3) is 5.91 Å². The molecule has 20 heavy (non-hydrogen) atoms. The van der Waals surface area contributed by atoms with Crippen molar-refractivity contribution in [3.63, 3.8) is 0 Å². The van der Waals surface area contributed by atoms with E-state index in [9.17, 15) is 9.59 Å². The summed E-state index contributed by atoms with van der Waals surface area (Å²) in [6.07, 6.45) is 0. The second kappa shape index (κ2) is 4.97. The van der Waals surface area contributed by atoms with Gasteiger partial charge in [-0.25, -0.2) is 4.79 Å². The third kappa shape index (κ3) is 2.65. The van der Waals surface area contributed by atoms with Crippen LogP contribution in [0.3, 0.4) is 0 Å². The summed E-state index contributed by atoms with van der Waals surface area (Å²) < 4.78 is 10.2. The summed E-state index contributed by atoms with van der Waals surface area (Å²) in [6, 6.07) is 6.31. The topological polar surface area (TPSA) is 88.8 Å². The summed E-state index contributed by atoms with van der Waals surface area (Å²) >= 11 is 0. The zero-order valence-electron chi connectivity index (χ0n) is 11.4. The largest absolute Gasteiger partial charge is 0.475 e. The Bertz CT molecular complexity index is 671. The fraction of sp³-hybridized carbons (Fsp3) is 0.286. The van der Waals surface area contributed by atoms with Crippen molar-refractivity contribution in [2.75, 3.05) is 12.4 Å². The lowest BCUT2D eigenvalue weighted by molar-refractivity contribution is -0.133. The first-order valence-corrected chi connectivity index (χ1v) is 5.97. The summed E-state index contributed by atoms with van der Waals surface area (Å²) in [5.74, 6) is -1.56. The lowest BCUT2D eigenvalue weighted by Crippen LogP contribution is -2.38. The molecular weight excluding hydrogens is 262 g/mol. The first-order chi connectivity index (χ1) is 9.33. The Morgan fingerprint density at radius 3 is 2.60 bits per heavy atom. The van der Waals surface area contributed by atoms with E-state index in [2.05, 4.69) is 5.32 Å². The van der Waals surface area contributed by atoms with Crippen molar-refractivity contribution in [3.05, 3.63) is 30.0 Å². The van der Waals surface area contributed by atoms with Crippen LogP contribution in [0.2, 0.25) is 0 Å². The Balaban J connectivity index is 2.28. The number of carboxylic acid groups (broad SMARTS) is 1. The van der Waals surface area contributed by atoms with Gasteiger partial charge in [0.2, 0.25) is 5.76 Å². The second-order valence-corrected chi connectivity index (χ2v) is 4.84. The number of fused-ring (bicyclic) bond motifs is 1. The minimum atomic E-state index is -1.13. The smallest absolute Gasteiger partial charge is 0.371 e. The average Bonchev–Trinajstić information content (AvgIpc) is 2.82. The molecule has 0 aliphatic rings. The molecule has 2 aromatic rings. The number of methoxy groups -OCH3 is 1. The quantitative estimate of drug-likeness (QED) is 0.896. The molecule has 1 aromatic carbocycles. The summed E-state index contributed by atoms with van der Waals surface area (Å²) in [7, 11) is 1.46. The van der Waals surface area contributed by atoms with E-state index < -0.39 is 11.6 Å². The number of anilines is 1. The monoisotopic (exact) mass is 277 g/mol. The van der Waals surface area contributed by atoms with Crippen LogP contribution in [-0.4, -0.2) is 29.7 Å². The highest BCUT2D eigenvalue weighted by molar-refractivity contribution is 5.99. The number of benzene rings is 1. The highest BCUT2D eigenvalue weighted by Gasteiger charge is 2.27. The molecule has 0 spiro atoms. The van der Waals surface area contributed by atoms with E-state index in [1.54, 1.807) is 32.0 Å². The number of hydrogen-bond donors (Lipinski definition) is 2. The van der Waals surface area contributed by atoms with Gasteiger partial charge in [0, 0.05) is 18.2 Å². The van der Waals surface area contributed by atoms with Gasteiger partial charge in [-0.15, -0.1) is 0 Å². The van der Waals surface area contributed by atoms with Gasteiger partial charge in [0.05, 0.1) is 0 Å². The number of furan rings is 1. The lowest BCUT2D eigenvalue weighted by Gasteiger charge is -2.21. The maximum atomic E-state index is 12.0. The molecule has 0 atom stereocenters. The number of hydrogen-bond acceptors (Lipinski definition) is 4. The molecule has 0 unspecified atom stereocenters. The Hall–Kier alpha value is -2.34. The molecule has 1 aromatic heterocycles. The number of ether oxygens (including phenoxy) is 1. The lowest BCUT2D eigenvalue weighted by atomic mass is 10.1. The molecule has 0 bridgehead atoms. The van der Waals surface area contributed by atoms with Crippen LogP contribution in [-0.2, 0) is 9.53 Å². The van der Waals surface area contributed by atoms with Crippen molar-refractivity contribution in [2.45, 2.75) is 19.4 Å². The van der Waals surface area contributed by atoms with Crippen molar-refractivity contribution >= 4 is 28.5 Å². The van der Waals surface area contributed by atoms with E-state index in [4.69, 9.17) is 14.3 Å². The first kappa shape index (κ1) is 14.1. The molecule has 1 heterocycles. The van der Waals surface area contributed by atoms with E-state index >= 15 is 0 Å². The van der Waals surface area contributed by atoms with Crippen molar-refractivity contribution in [1.82, 2.24) is 0 Å². The zero-order chi connectivity index (χ0) is 14.9. The van der Waals surface area contributed by atoms with E-state index in [-0.39, 0.29) is 11.7 Å². The van der Waals surface area contributed by atoms with Gasteiger partial charge in [-0.05, 0) is 38.1 Å². The number of carbonyl (C=O) groups is 2. The molecule has 0 saturated heterocycles. The third-order valence-electron chi connectivity index (χ3n) is 3.04. The molecule has 106 valence electrons. The number of amides is 1. The average molecular weight is 277 g/mol. The molecule has 0 aliphatic carbocycles. The van der Waals surface area contributed by atoms with Gasteiger partial charge in [-0.3, -0.25) is 4.79 Å². The fourth-order valence-corrected chi connectivity index (χ4v) is 1.60. The molecule has 1 amide bonds. The number of carbonyl (C=O) groups excluding carboxylic acids is 1. The van der Waals surface area contributed by atoms with Crippen molar-refractivity contribution < 1.29 is 23.8 Å². The highest BCUT2D eigenvalue weighted by atomic mass is 16.5. The SMILES string of the molecule is COC(C)(C)C(=O)Nc1ccc2oc(C(=O)O)cc2c1. The van der Waals surface area contributed by atoms with Crippen LogP contribution >= 0.6 is 0 Å². The van der Waals surface area contributed by atoms with E-state index in [0.717, 1.165) is 0 Å². The maximum Gasteiger partial charge on any atom is 0.371 e. The van der Waals surface area contributed by atoms with E-state index in [0.29, 0.717) is 16.7 Å². The minimum absolute atomic E-state index is 0.138. The molecular formula is C14H15NO5. The summed E-state index contributed by atoms with van der Waals surface area (Å²) in [5.41, 5.74) is 0.0502. The number of rotatable bonds is 4. The Kier molecular flexibility index (Phi) is 3.50. The standard InChI is InChI=1S/C14H15NO5/c1-14(2,19-3)13(18)15-9-4-5-10-8(6-9)7-11(20-10)12(16)17/h4-7H,1-3H3,(H,15,18)(H,16,17). The molecule has 2 rings (SSSR count). The van der Waals surface area contributed by atoms with Crippen LogP contribution in [0.4, 0.5) is 5.69 Å².